The van der Waals surface area contributed by atoms with Gasteiger partial charge < -0.3 is 15.3 Å². The van der Waals surface area contributed by atoms with Crippen molar-refractivity contribution in [3.05, 3.63) is 33.8 Å². The molecule has 1 unspecified atom stereocenters. The van der Waals surface area contributed by atoms with Crippen LogP contribution in [0.25, 0.3) is 0 Å². The number of rotatable bonds is 7. The van der Waals surface area contributed by atoms with Crippen LogP contribution in [0.1, 0.15) is 65.0 Å². The molecule has 1 aromatic rings. The van der Waals surface area contributed by atoms with E-state index in [9.17, 15) is 4.79 Å². The number of hydrogen-bond acceptors (Lipinski definition) is 3. The Morgan fingerprint density at radius 3 is 2.38 bits per heavy atom. The highest BCUT2D eigenvalue weighted by Gasteiger charge is 2.53. The summed E-state index contributed by atoms with van der Waals surface area (Å²) in [5, 5.41) is 0. The molecule has 0 spiro atoms. The van der Waals surface area contributed by atoms with Crippen LogP contribution in [0.15, 0.2) is 22.7 Å². The first kappa shape index (κ1) is 23.3. The van der Waals surface area contributed by atoms with Gasteiger partial charge in [-0.15, -0.1) is 0 Å². The molecule has 1 aliphatic rings. The van der Waals surface area contributed by atoms with Crippen LogP contribution in [-0.2, 0) is 21.5 Å². The van der Waals surface area contributed by atoms with E-state index in [-0.39, 0.29) is 5.41 Å². The minimum atomic E-state index is -0.882. The van der Waals surface area contributed by atoms with E-state index >= 15 is 0 Å². The van der Waals surface area contributed by atoms with Crippen LogP contribution in [0, 0.1) is 17.3 Å². The molecule has 0 aromatic heterocycles. The summed E-state index contributed by atoms with van der Waals surface area (Å²) in [5.74, 6) is 1.27. The second kappa shape index (κ2) is 10.0. The van der Waals surface area contributed by atoms with E-state index in [4.69, 9.17) is 5.73 Å². The van der Waals surface area contributed by atoms with Gasteiger partial charge in [0, 0.05) is 23.6 Å². The van der Waals surface area contributed by atoms with E-state index in [1.54, 1.807) is 7.11 Å². The zero-order valence-corrected chi connectivity index (χ0v) is 18.9. The SMILES string of the molecule is CCC(C[C@@]1(C)Cc2ccc(Br)cc2[C@@]1(N)C=O)[C@@H](C)CC.CCOC. The van der Waals surface area contributed by atoms with Crippen molar-refractivity contribution in [2.75, 3.05) is 13.7 Å². The predicted octanol–water partition coefficient (Wildman–Crippen LogP) is 5.48. The number of carbonyl (C=O) groups excluding carboxylic acids is 1. The molecule has 0 bridgehead atoms. The smallest absolute Gasteiger partial charge is 0.144 e. The van der Waals surface area contributed by atoms with Crippen molar-refractivity contribution in [2.45, 2.75) is 65.8 Å². The number of halogens is 1. The zero-order chi connectivity index (χ0) is 20.0. The Hall–Kier alpha value is -0.710. The summed E-state index contributed by atoms with van der Waals surface area (Å²) in [6.45, 7) is 11.8. The first-order valence-electron chi connectivity index (χ1n) is 9.75. The van der Waals surface area contributed by atoms with Gasteiger partial charge in [0.1, 0.15) is 11.8 Å². The Kier molecular flexibility index (Phi) is 8.98. The van der Waals surface area contributed by atoms with E-state index in [0.717, 1.165) is 42.2 Å². The molecule has 148 valence electrons. The Morgan fingerprint density at radius 1 is 1.31 bits per heavy atom. The molecule has 0 amide bonds. The average Bonchev–Trinajstić information content (AvgIpc) is 2.87. The molecule has 0 aliphatic heterocycles. The van der Waals surface area contributed by atoms with Gasteiger partial charge in [-0.3, -0.25) is 0 Å². The number of hydrogen-bond donors (Lipinski definition) is 1. The quantitative estimate of drug-likeness (QED) is 0.588. The molecule has 26 heavy (non-hydrogen) atoms. The van der Waals surface area contributed by atoms with Crippen LogP contribution < -0.4 is 5.73 Å². The molecule has 4 atom stereocenters. The fraction of sp³-hybridized carbons (Fsp3) is 0.682. The van der Waals surface area contributed by atoms with E-state index in [1.807, 2.05) is 19.1 Å². The second-order valence-electron chi connectivity index (χ2n) is 7.86. The summed E-state index contributed by atoms with van der Waals surface area (Å²) in [6.07, 6.45) is 5.18. The summed E-state index contributed by atoms with van der Waals surface area (Å²) >= 11 is 3.51. The largest absolute Gasteiger partial charge is 0.385 e. The summed E-state index contributed by atoms with van der Waals surface area (Å²) < 4.78 is 5.53. The summed E-state index contributed by atoms with van der Waals surface area (Å²) in [6, 6.07) is 6.18. The van der Waals surface area contributed by atoms with Crippen molar-refractivity contribution < 1.29 is 9.53 Å². The molecular formula is C22H36BrNO2. The van der Waals surface area contributed by atoms with Gasteiger partial charge >= 0.3 is 0 Å². The fourth-order valence-corrected chi connectivity index (χ4v) is 4.45. The van der Waals surface area contributed by atoms with Crippen molar-refractivity contribution in [1.29, 1.82) is 0 Å². The van der Waals surface area contributed by atoms with Gasteiger partial charge in [0.2, 0.25) is 0 Å². The molecule has 0 saturated carbocycles. The van der Waals surface area contributed by atoms with Crippen molar-refractivity contribution in [3.8, 4) is 0 Å². The van der Waals surface area contributed by atoms with Crippen LogP contribution in [-0.4, -0.2) is 20.0 Å². The van der Waals surface area contributed by atoms with Crippen molar-refractivity contribution in [2.24, 2.45) is 23.0 Å². The number of carbonyl (C=O) groups is 1. The zero-order valence-electron chi connectivity index (χ0n) is 17.3. The predicted molar refractivity (Wildman–Crippen MR) is 113 cm³/mol. The number of methoxy groups -OCH3 is 1. The Bertz CT molecular complexity index is 590. The van der Waals surface area contributed by atoms with Crippen molar-refractivity contribution in [1.82, 2.24) is 0 Å². The second-order valence-corrected chi connectivity index (χ2v) is 8.78. The third-order valence-corrected chi connectivity index (χ3v) is 6.75. The van der Waals surface area contributed by atoms with Crippen LogP contribution >= 0.6 is 15.9 Å². The lowest BCUT2D eigenvalue weighted by Gasteiger charge is -2.41. The molecule has 0 heterocycles. The van der Waals surface area contributed by atoms with Crippen LogP contribution in [0.3, 0.4) is 0 Å². The minimum Gasteiger partial charge on any atom is -0.385 e. The van der Waals surface area contributed by atoms with Crippen LogP contribution in [0.2, 0.25) is 0 Å². The summed E-state index contributed by atoms with van der Waals surface area (Å²) in [5.41, 5.74) is 7.80. The molecule has 0 saturated heterocycles. The van der Waals surface area contributed by atoms with E-state index < -0.39 is 5.54 Å². The third-order valence-electron chi connectivity index (χ3n) is 6.26. The summed E-state index contributed by atoms with van der Waals surface area (Å²) in [4.78, 5) is 12.0. The van der Waals surface area contributed by atoms with Gasteiger partial charge in [-0.05, 0) is 54.9 Å². The number of fused-ring (bicyclic) bond motifs is 1. The van der Waals surface area contributed by atoms with Gasteiger partial charge in [0.25, 0.3) is 0 Å². The molecule has 4 heteroatoms. The van der Waals surface area contributed by atoms with E-state index in [2.05, 4.69) is 54.4 Å². The molecule has 1 aromatic carbocycles. The van der Waals surface area contributed by atoms with Gasteiger partial charge in [-0.25, -0.2) is 0 Å². The van der Waals surface area contributed by atoms with Gasteiger partial charge in [-0.2, -0.15) is 0 Å². The standard InChI is InChI=1S/C19H28BrNO.C3H8O/c1-5-13(3)14(6-2)10-18(4)11-15-7-8-16(20)9-17(15)19(18,21)12-22;1-3-4-2/h7-9,12-14H,5-6,10-11,21H2,1-4H3;3H2,1-2H3/t13-,14?,18-,19-;/m0./s1. The maximum absolute atomic E-state index is 12.0. The maximum Gasteiger partial charge on any atom is 0.144 e. The van der Waals surface area contributed by atoms with Crippen molar-refractivity contribution in [3.63, 3.8) is 0 Å². The minimum absolute atomic E-state index is 0.206. The van der Waals surface area contributed by atoms with E-state index in [0.29, 0.717) is 11.8 Å². The first-order valence-corrected chi connectivity index (χ1v) is 10.5. The highest BCUT2D eigenvalue weighted by atomic mass is 79.9. The number of ether oxygens (including phenoxy) is 1. The molecule has 0 radical (unpaired) electrons. The highest BCUT2D eigenvalue weighted by Crippen LogP contribution is 2.52. The monoisotopic (exact) mass is 425 g/mol. The van der Waals surface area contributed by atoms with Gasteiger partial charge in [-0.1, -0.05) is 62.5 Å². The highest BCUT2D eigenvalue weighted by molar-refractivity contribution is 9.10. The topological polar surface area (TPSA) is 52.3 Å². The number of nitrogens with two attached hydrogens (primary N) is 1. The van der Waals surface area contributed by atoms with Crippen LogP contribution in [0.4, 0.5) is 0 Å². The lowest BCUT2D eigenvalue weighted by atomic mass is 9.65. The molecular weight excluding hydrogens is 390 g/mol. The lowest BCUT2D eigenvalue weighted by molar-refractivity contribution is -0.116. The normalized spacial score (nSPS) is 26.5. The molecule has 2 N–H and O–H groups in total. The number of benzene rings is 1. The number of aldehydes is 1. The molecule has 0 fully saturated rings. The maximum atomic E-state index is 12.0. The molecule has 2 rings (SSSR count). The Labute approximate surface area is 168 Å². The van der Waals surface area contributed by atoms with E-state index in [1.165, 1.54) is 12.0 Å². The third kappa shape index (κ3) is 4.76. The van der Waals surface area contributed by atoms with Gasteiger partial charge in [0.15, 0.2) is 0 Å². The van der Waals surface area contributed by atoms with Crippen LogP contribution in [0.5, 0.6) is 0 Å². The van der Waals surface area contributed by atoms with Crippen molar-refractivity contribution >= 4 is 22.2 Å². The lowest BCUT2D eigenvalue weighted by Crippen LogP contribution is -2.51. The summed E-state index contributed by atoms with van der Waals surface area (Å²) in [7, 11) is 1.68. The van der Waals surface area contributed by atoms with Gasteiger partial charge in [0.05, 0.1) is 0 Å². The Morgan fingerprint density at radius 2 is 1.92 bits per heavy atom. The average molecular weight is 426 g/mol. The fourth-order valence-electron chi connectivity index (χ4n) is 4.09. The molecule has 1 aliphatic carbocycles. The Balaban J connectivity index is 0.000000765. The molecule has 3 nitrogen and oxygen atoms in total. The first-order chi connectivity index (χ1) is 12.2.